The molecule has 1 heterocycles. The van der Waals surface area contributed by atoms with E-state index < -0.39 is 7.52 Å². The summed E-state index contributed by atoms with van der Waals surface area (Å²) in [6.45, 7) is 16.7. The fraction of sp³-hybridized carbons (Fsp3) is 0.727. The number of rotatable bonds is 8. The van der Waals surface area contributed by atoms with E-state index in [1.165, 1.54) is 5.69 Å². The summed E-state index contributed by atoms with van der Waals surface area (Å²) in [4.78, 5) is 2.37. The van der Waals surface area contributed by atoms with Crippen molar-refractivity contribution in [1.82, 2.24) is 4.67 Å². The van der Waals surface area contributed by atoms with Gasteiger partial charge >= 0.3 is 0 Å². The Balaban J connectivity index is 2.09. The standard InChI is InChI=1S/C22H39N2O2P/c1-7-14-22(6,8-2)19-26-27(25,21(3,4)5)24-17-15-23(16-18-24)20-12-10-9-11-13-20/h9-13H,7-8,14-19H2,1-6H3. The minimum Gasteiger partial charge on any atom is -0.369 e. The summed E-state index contributed by atoms with van der Waals surface area (Å²) in [6, 6.07) is 10.5. The molecular weight excluding hydrogens is 355 g/mol. The highest BCUT2D eigenvalue weighted by molar-refractivity contribution is 7.58. The predicted octanol–water partition coefficient (Wildman–Crippen LogP) is 6.03. The molecule has 0 N–H and O–H groups in total. The molecule has 2 unspecified atom stereocenters. The fourth-order valence-electron chi connectivity index (χ4n) is 3.75. The Morgan fingerprint density at radius 2 is 1.59 bits per heavy atom. The molecule has 0 aromatic heterocycles. The molecule has 2 atom stereocenters. The van der Waals surface area contributed by atoms with E-state index >= 15 is 0 Å². The van der Waals surface area contributed by atoms with Crippen LogP contribution in [-0.4, -0.2) is 42.6 Å². The van der Waals surface area contributed by atoms with Gasteiger partial charge in [0.25, 0.3) is 7.52 Å². The van der Waals surface area contributed by atoms with E-state index in [1.807, 2.05) is 6.07 Å². The first-order valence-electron chi connectivity index (χ1n) is 10.5. The molecule has 1 aliphatic heterocycles. The number of benzene rings is 1. The average molecular weight is 395 g/mol. The molecule has 5 heteroatoms. The molecule has 1 aromatic carbocycles. The van der Waals surface area contributed by atoms with Gasteiger partial charge in [-0.3, -0.25) is 4.57 Å². The zero-order chi connectivity index (χ0) is 20.1. The van der Waals surface area contributed by atoms with E-state index in [1.54, 1.807) is 0 Å². The molecule has 27 heavy (non-hydrogen) atoms. The molecule has 1 fully saturated rings. The van der Waals surface area contributed by atoms with Crippen molar-refractivity contribution in [3.05, 3.63) is 30.3 Å². The zero-order valence-corrected chi connectivity index (χ0v) is 19.1. The Bertz CT molecular complexity index is 621. The molecular formula is C22H39N2O2P. The molecule has 0 aliphatic carbocycles. The number of anilines is 1. The van der Waals surface area contributed by atoms with Gasteiger partial charge in [0.05, 0.1) is 11.8 Å². The van der Waals surface area contributed by atoms with E-state index in [0.29, 0.717) is 6.61 Å². The van der Waals surface area contributed by atoms with Crippen LogP contribution in [0.25, 0.3) is 0 Å². The van der Waals surface area contributed by atoms with Gasteiger partial charge in [-0.25, -0.2) is 4.67 Å². The Morgan fingerprint density at radius 1 is 1.00 bits per heavy atom. The number of para-hydroxylation sites is 1. The highest BCUT2D eigenvalue weighted by Crippen LogP contribution is 2.62. The van der Waals surface area contributed by atoms with E-state index in [2.05, 4.69) is 75.4 Å². The maximum atomic E-state index is 14.1. The second-order valence-corrected chi connectivity index (χ2v) is 12.4. The lowest BCUT2D eigenvalue weighted by molar-refractivity contribution is 0.127. The lowest BCUT2D eigenvalue weighted by atomic mass is 9.84. The van der Waals surface area contributed by atoms with Crippen molar-refractivity contribution in [2.45, 2.75) is 66.0 Å². The smallest absolute Gasteiger partial charge is 0.277 e. The highest BCUT2D eigenvalue weighted by Gasteiger charge is 2.45. The van der Waals surface area contributed by atoms with Crippen molar-refractivity contribution in [2.75, 3.05) is 37.7 Å². The van der Waals surface area contributed by atoms with Crippen molar-refractivity contribution in [1.29, 1.82) is 0 Å². The van der Waals surface area contributed by atoms with Gasteiger partial charge in [0.2, 0.25) is 0 Å². The van der Waals surface area contributed by atoms with E-state index in [9.17, 15) is 4.57 Å². The third-order valence-corrected chi connectivity index (χ3v) is 9.21. The van der Waals surface area contributed by atoms with Gasteiger partial charge in [-0.2, -0.15) is 0 Å². The molecule has 0 bridgehead atoms. The summed E-state index contributed by atoms with van der Waals surface area (Å²) in [5, 5.41) is -0.386. The average Bonchev–Trinajstić information content (AvgIpc) is 2.66. The van der Waals surface area contributed by atoms with Gasteiger partial charge in [0.15, 0.2) is 0 Å². The molecule has 1 aliphatic rings. The zero-order valence-electron chi connectivity index (χ0n) is 18.2. The lowest BCUT2D eigenvalue weighted by Crippen LogP contribution is -2.47. The molecule has 1 saturated heterocycles. The fourth-order valence-corrected chi connectivity index (χ4v) is 6.34. The van der Waals surface area contributed by atoms with E-state index in [-0.39, 0.29) is 10.6 Å². The normalized spacial score (nSPS) is 20.9. The van der Waals surface area contributed by atoms with E-state index in [0.717, 1.165) is 45.4 Å². The monoisotopic (exact) mass is 394 g/mol. The first kappa shape index (κ1) is 22.5. The minimum absolute atomic E-state index is 0.0987. The van der Waals surface area contributed by atoms with Crippen LogP contribution < -0.4 is 4.90 Å². The van der Waals surface area contributed by atoms with Crippen LogP contribution in [0.1, 0.15) is 60.8 Å². The first-order valence-corrected chi connectivity index (χ1v) is 12.0. The highest BCUT2D eigenvalue weighted by atomic mass is 31.2. The topological polar surface area (TPSA) is 32.8 Å². The number of hydrogen-bond acceptors (Lipinski definition) is 3. The Labute approximate surface area is 166 Å². The quantitative estimate of drug-likeness (QED) is 0.504. The van der Waals surface area contributed by atoms with Gasteiger partial charge in [0.1, 0.15) is 0 Å². The van der Waals surface area contributed by atoms with Crippen LogP contribution in [0.5, 0.6) is 0 Å². The first-order chi connectivity index (χ1) is 12.6. The second kappa shape index (κ2) is 9.11. The maximum absolute atomic E-state index is 14.1. The molecule has 2 rings (SSSR count). The molecule has 1 aromatic rings. The van der Waals surface area contributed by atoms with Crippen LogP contribution in [0.2, 0.25) is 0 Å². The van der Waals surface area contributed by atoms with Crippen molar-refractivity contribution >= 4 is 13.2 Å². The predicted molar refractivity (Wildman–Crippen MR) is 117 cm³/mol. The third-order valence-electron chi connectivity index (χ3n) is 5.89. The summed E-state index contributed by atoms with van der Waals surface area (Å²) in [5.74, 6) is 0. The Morgan fingerprint density at radius 3 is 2.07 bits per heavy atom. The molecule has 0 saturated carbocycles. The van der Waals surface area contributed by atoms with Crippen LogP contribution in [-0.2, 0) is 9.09 Å². The molecule has 0 amide bonds. The molecule has 154 valence electrons. The second-order valence-electron chi connectivity index (χ2n) is 9.16. The van der Waals surface area contributed by atoms with Gasteiger partial charge in [0, 0.05) is 31.9 Å². The van der Waals surface area contributed by atoms with E-state index in [4.69, 9.17) is 4.52 Å². The van der Waals surface area contributed by atoms with Crippen LogP contribution in [0, 0.1) is 5.41 Å². The summed E-state index contributed by atoms with van der Waals surface area (Å²) in [7, 11) is -2.92. The Hall–Kier alpha value is -0.830. The largest absolute Gasteiger partial charge is 0.369 e. The number of nitrogens with zero attached hydrogens (tertiary/aromatic N) is 2. The van der Waals surface area contributed by atoms with Crippen LogP contribution in [0.4, 0.5) is 5.69 Å². The van der Waals surface area contributed by atoms with Gasteiger partial charge in [-0.05, 0) is 51.2 Å². The third kappa shape index (κ3) is 5.37. The van der Waals surface area contributed by atoms with Crippen molar-refractivity contribution in [3.8, 4) is 0 Å². The molecule has 4 nitrogen and oxygen atoms in total. The number of piperazine rings is 1. The summed E-state index contributed by atoms with van der Waals surface area (Å²) >= 11 is 0. The maximum Gasteiger partial charge on any atom is 0.277 e. The van der Waals surface area contributed by atoms with Crippen LogP contribution >= 0.6 is 7.52 Å². The van der Waals surface area contributed by atoms with Gasteiger partial charge in [-0.15, -0.1) is 0 Å². The van der Waals surface area contributed by atoms with Crippen molar-refractivity contribution in [3.63, 3.8) is 0 Å². The summed E-state index contributed by atoms with van der Waals surface area (Å²) in [5.41, 5.74) is 1.34. The van der Waals surface area contributed by atoms with Crippen molar-refractivity contribution in [2.24, 2.45) is 5.41 Å². The minimum atomic E-state index is -2.92. The Kier molecular flexibility index (Phi) is 7.58. The SMILES string of the molecule is CCCC(C)(CC)COP(=O)(N1CCN(c2ccccc2)CC1)C(C)(C)C. The van der Waals surface area contributed by atoms with Crippen molar-refractivity contribution < 1.29 is 9.09 Å². The van der Waals surface area contributed by atoms with Gasteiger partial charge < -0.3 is 9.42 Å². The molecule has 0 radical (unpaired) electrons. The molecule has 0 spiro atoms. The summed E-state index contributed by atoms with van der Waals surface area (Å²) in [6.07, 6.45) is 3.28. The number of hydrogen-bond donors (Lipinski definition) is 0. The summed E-state index contributed by atoms with van der Waals surface area (Å²) < 4.78 is 22.6. The van der Waals surface area contributed by atoms with Gasteiger partial charge in [-0.1, -0.05) is 45.4 Å². The lowest BCUT2D eigenvalue weighted by Gasteiger charge is -2.45. The van der Waals surface area contributed by atoms with Crippen LogP contribution in [0.3, 0.4) is 0 Å². The van der Waals surface area contributed by atoms with Crippen LogP contribution in [0.15, 0.2) is 30.3 Å².